The number of para-hydroxylation sites is 1. The van der Waals surface area contributed by atoms with Gasteiger partial charge in [-0.1, -0.05) is 18.2 Å². The van der Waals surface area contributed by atoms with E-state index in [0.717, 1.165) is 10.9 Å². The number of aromatic nitrogens is 3. The normalized spacial score (nSPS) is 17.2. The number of benzene rings is 1. The first-order valence-corrected chi connectivity index (χ1v) is 9.38. The highest BCUT2D eigenvalue weighted by molar-refractivity contribution is 8.00. The van der Waals surface area contributed by atoms with Gasteiger partial charge in [0, 0.05) is 17.1 Å². The van der Waals surface area contributed by atoms with Gasteiger partial charge in [-0.3, -0.25) is 24.2 Å². The van der Waals surface area contributed by atoms with Crippen LogP contribution < -0.4 is 16.4 Å². The lowest BCUT2D eigenvalue weighted by Crippen LogP contribution is -2.19. The van der Waals surface area contributed by atoms with Gasteiger partial charge in [-0.15, -0.1) is 11.8 Å². The molecule has 0 aliphatic carbocycles. The lowest BCUT2D eigenvalue weighted by Gasteiger charge is -2.15. The van der Waals surface area contributed by atoms with Crippen molar-refractivity contribution >= 4 is 34.4 Å². The second-order valence-corrected chi connectivity index (χ2v) is 7.64. The minimum absolute atomic E-state index is 0.0367. The van der Waals surface area contributed by atoms with E-state index in [2.05, 4.69) is 15.4 Å². The molecule has 3 heterocycles. The van der Waals surface area contributed by atoms with Crippen molar-refractivity contribution in [2.45, 2.75) is 25.1 Å². The third kappa shape index (κ3) is 2.66. The predicted octanol–water partition coefficient (Wildman–Crippen LogP) is 2.37. The monoisotopic (exact) mass is 370 g/mol. The summed E-state index contributed by atoms with van der Waals surface area (Å²) in [5.74, 6) is 0.422. The molecule has 2 aromatic heterocycles. The second-order valence-electron chi connectivity index (χ2n) is 6.55. The van der Waals surface area contributed by atoms with Crippen molar-refractivity contribution in [3.05, 3.63) is 62.2 Å². The molecule has 8 heteroatoms. The number of amides is 1. The van der Waals surface area contributed by atoms with Crippen LogP contribution in [0.2, 0.25) is 0 Å². The highest BCUT2D eigenvalue weighted by atomic mass is 32.2. The molecule has 1 amide bonds. The summed E-state index contributed by atoms with van der Waals surface area (Å²) in [5, 5.41) is 5.94. The molecular formula is C18H18N4O3S. The summed E-state index contributed by atoms with van der Waals surface area (Å²) in [5.41, 5.74) is 1.08. The molecule has 1 aromatic carbocycles. The van der Waals surface area contributed by atoms with Crippen LogP contribution in [0.25, 0.3) is 10.9 Å². The highest BCUT2D eigenvalue weighted by Crippen LogP contribution is 2.39. The molecule has 7 nitrogen and oxygen atoms in total. The number of nitrogens with zero attached hydrogens (tertiary/aromatic N) is 1. The number of nitrogens with one attached hydrogen (secondary N) is 3. The van der Waals surface area contributed by atoms with E-state index in [9.17, 15) is 14.4 Å². The Balaban J connectivity index is 1.96. The van der Waals surface area contributed by atoms with Crippen LogP contribution in [0.1, 0.15) is 36.3 Å². The van der Waals surface area contributed by atoms with Crippen LogP contribution in [0.4, 0.5) is 5.82 Å². The molecular weight excluding hydrogens is 352 g/mol. The van der Waals surface area contributed by atoms with E-state index in [1.807, 2.05) is 38.1 Å². The number of aromatic amines is 2. The Labute approximate surface area is 152 Å². The fourth-order valence-corrected chi connectivity index (χ4v) is 4.37. The zero-order chi connectivity index (χ0) is 18.4. The quantitative estimate of drug-likeness (QED) is 0.645. The molecule has 0 radical (unpaired) electrons. The molecule has 26 heavy (non-hydrogen) atoms. The van der Waals surface area contributed by atoms with Crippen molar-refractivity contribution in [2.24, 2.45) is 0 Å². The zero-order valence-electron chi connectivity index (χ0n) is 14.3. The summed E-state index contributed by atoms with van der Waals surface area (Å²) in [6.45, 7) is 3.83. The maximum atomic E-state index is 12.7. The molecule has 0 fully saturated rings. The van der Waals surface area contributed by atoms with Crippen molar-refractivity contribution in [3.8, 4) is 0 Å². The lowest BCUT2D eigenvalue weighted by atomic mass is 10.1. The minimum atomic E-state index is -0.527. The van der Waals surface area contributed by atoms with Crippen molar-refractivity contribution in [1.29, 1.82) is 0 Å². The van der Waals surface area contributed by atoms with Gasteiger partial charge in [-0.2, -0.15) is 0 Å². The Hall–Kier alpha value is -2.74. The molecule has 3 N–H and O–H groups in total. The van der Waals surface area contributed by atoms with Gasteiger partial charge < -0.3 is 10.3 Å². The minimum Gasteiger partial charge on any atom is -0.322 e. The number of hydrogen-bond donors (Lipinski definition) is 3. The summed E-state index contributed by atoms with van der Waals surface area (Å²) < 4.78 is 1.64. The number of carbonyl (C=O) groups excluding carboxylic acids is 1. The topological polar surface area (TPSA) is 99.8 Å². The first kappa shape index (κ1) is 16.7. The summed E-state index contributed by atoms with van der Waals surface area (Å²) >= 11 is 1.28. The Morgan fingerprint density at radius 1 is 1.15 bits per heavy atom. The van der Waals surface area contributed by atoms with Gasteiger partial charge in [-0.25, -0.2) is 0 Å². The lowest BCUT2D eigenvalue weighted by molar-refractivity contribution is -0.113. The number of hydrogen-bond acceptors (Lipinski definition) is 4. The summed E-state index contributed by atoms with van der Waals surface area (Å²) in [6.07, 6.45) is 0. The molecule has 0 saturated heterocycles. The predicted molar refractivity (Wildman–Crippen MR) is 103 cm³/mol. The molecule has 0 unspecified atom stereocenters. The highest BCUT2D eigenvalue weighted by Gasteiger charge is 2.32. The Bertz CT molecular complexity index is 1130. The van der Waals surface area contributed by atoms with E-state index in [1.54, 1.807) is 10.7 Å². The van der Waals surface area contributed by atoms with Crippen molar-refractivity contribution in [2.75, 3.05) is 11.1 Å². The number of rotatable bonds is 2. The fraction of sp³-hybridized carbons (Fsp3) is 0.278. The van der Waals surface area contributed by atoms with E-state index < -0.39 is 5.25 Å². The van der Waals surface area contributed by atoms with E-state index in [0.29, 0.717) is 16.9 Å². The maximum absolute atomic E-state index is 12.7. The van der Waals surface area contributed by atoms with E-state index in [4.69, 9.17) is 0 Å². The average molecular weight is 370 g/mol. The fourth-order valence-electron chi connectivity index (χ4n) is 3.24. The van der Waals surface area contributed by atoms with Crippen LogP contribution in [0.15, 0.2) is 39.9 Å². The Kier molecular flexibility index (Phi) is 3.99. The first-order chi connectivity index (χ1) is 12.5. The van der Waals surface area contributed by atoms with Crippen LogP contribution in [0, 0.1) is 0 Å². The molecule has 0 bridgehead atoms. The number of carbonyl (C=O) groups is 1. The van der Waals surface area contributed by atoms with Crippen LogP contribution in [0.5, 0.6) is 0 Å². The molecule has 4 rings (SSSR count). The Morgan fingerprint density at radius 2 is 1.92 bits per heavy atom. The number of fused-ring (bicyclic) bond motifs is 2. The third-order valence-corrected chi connectivity index (χ3v) is 5.70. The van der Waals surface area contributed by atoms with Gasteiger partial charge in [0.1, 0.15) is 5.82 Å². The van der Waals surface area contributed by atoms with Gasteiger partial charge in [0.15, 0.2) is 0 Å². The maximum Gasteiger partial charge on any atom is 0.270 e. The molecule has 134 valence electrons. The molecule has 1 aliphatic rings. The number of pyridine rings is 1. The van der Waals surface area contributed by atoms with E-state index in [-0.39, 0.29) is 28.8 Å². The third-order valence-electron chi connectivity index (χ3n) is 4.44. The van der Waals surface area contributed by atoms with Crippen LogP contribution >= 0.6 is 11.8 Å². The standard InChI is InChI=1S/C18H18N4O3S/c1-9(2)22-16-14(18(25)21-22)15(26-8-13(23)20-16)11-7-10-5-3-4-6-12(10)19-17(11)24/h3-7,9,15H,8H2,1-2H3,(H,19,24)(H,20,23)(H,21,25)/t15-/m0/s1. The van der Waals surface area contributed by atoms with E-state index >= 15 is 0 Å². The molecule has 1 aliphatic heterocycles. The zero-order valence-corrected chi connectivity index (χ0v) is 15.1. The van der Waals surface area contributed by atoms with Crippen LogP contribution in [-0.4, -0.2) is 26.4 Å². The molecule has 0 saturated carbocycles. The summed E-state index contributed by atoms with van der Waals surface area (Å²) in [4.78, 5) is 40.4. The van der Waals surface area contributed by atoms with Gasteiger partial charge in [0.25, 0.3) is 11.1 Å². The van der Waals surface area contributed by atoms with E-state index in [1.165, 1.54) is 11.8 Å². The molecule has 0 spiro atoms. The number of thioether (sulfide) groups is 1. The number of anilines is 1. The van der Waals surface area contributed by atoms with Gasteiger partial charge in [0.2, 0.25) is 5.91 Å². The molecule has 3 aromatic rings. The van der Waals surface area contributed by atoms with Gasteiger partial charge >= 0.3 is 0 Å². The van der Waals surface area contributed by atoms with Gasteiger partial charge in [0.05, 0.1) is 16.6 Å². The smallest absolute Gasteiger partial charge is 0.270 e. The largest absolute Gasteiger partial charge is 0.322 e. The van der Waals surface area contributed by atoms with Crippen molar-refractivity contribution in [3.63, 3.8) is 0 Å². The average Bonchev–Trinajstić information content (AvgIpc) is 2.81. The SMILES string of the molecule is CC(C)n1[nH]c(=O)c2c1NC(=O)CS[C@H]2c1cc2ccccc2[nH]c1=O. The van der Waals surface area contributed by atoms with Crippen molar-refractivity contribution < 1.29 is 4.79 Å². The van der Waals surface area contributed by atoms with Crippen LogP contribution in [0.3, 0.4) is 0 Å². The van der Waals surface area contributed by atoms with Crippen molar-refractivity contribution in [1.82, 2.24) is 14.8 Å². The summed E-state index contributed by atoms with van der Waals surface area (Å²) in [7, 11) is 0. The molecule has 1 atom stereocenters. The summed E-state index contributed by atoms with van der Waals surface area (Å²) in [6, 6.07) is 9.25. The van der Waals surface area contributed by atoms with Gasteiger partial charge in [-0.05, 0) is 31.4 Å². The number of H-pyrrole nitrogens is 2. The van der Waals surface area contributed by atoms with Crippen LogP contribution in [-0.2, 0) is 4.79 Å². The first-order valence-electron chi connectivity index (χ1n) is 8.33. The Morgan fingerprint density at radius 3 is 2.69 bits per heavy atom. The second kappa shape index (κ2) is 6.21.